The van der Waals surface area contributed by atoms with E-state index in [9.17, 15) is 9.59 Å². The minimum atomic E-state index is -0.334. The summed E-state index contributed by atoms with van der Waals surface area (Å²) in [5.74, 6) is 1.10. The van der Waals surface area contributed by atoms with Crippen LogP contribution in [-0.2, 0) is 11.2 Å². The number of benzene rings is 2. The minimum Gasteiger partial charge on any atom is -0.496 e. The molecule has 0 saturated heterocycles. The zero-order valence-corrected chi connectivity index (χ0v) is 19.3. The molecular formula is C26H25N3O5. The number of rotatable bonds is 5. The van der Waals surface area contributed by atoms with Crippen LogP contribution in [0.25, 0.3) is 33.5 Å². The number of aromatic nitrogens is 2. The molecule has 0 saturated carbocycles. The summed E-state index contributed by atoms with van der Waals surface area (Å²) >= 11 is 0. The van der Waals surface area contributed by atoms with E-state index in [-0.39, 0.29) is 17.6 Å². The molecule has 174 valence electrons. The molecule has 1 N–H and O–H groups in total. The lowest BCUT2D eigenvalue weighted by Gasteiger charge is -2.24. The molecule has 1 aliphatic carbocycles. The molecule has 8 heteroatoms. The molecule has 5 rings (SSSR count). The highest BCUT2D eigenvalue weighted by Crippen LogP contribution is 2.38. The number of aromatic amines is 1. The minimum absolute atomic E-state index is 0.0641. The number of carbonyl (C=O) groups excluding carboxylic acids is 1. The van der Waals surface area contributed by atoms with E-state index in [2.05, 4.69) is 22.1 Å². The van der Waals surface area contributed by atoms with Gasteiger partial charge in [0.05, 0.1) is 37.0 Å². The van der Waals surface area contributed by atoms with Crippen LogP contribution < -0.4 is 10.2 Å². The number of fused-ring (bicyclic) bond motifs is 2. The van der Waals surface area contributed by atoms with Gasteiger partial charge in [0.1, 0.15) is 5.75 Å². The lowest BCUT2D eigenvalue weighted by Crippen LogP contribution is -2.30. The van der Waals surface area contributed by atoms with Gasteiger partial charge in [0, 0.05) is 30.3 Å². The van der Waals surface area contributed by atoms with Crippen LogP contribution in [0.2, 0.25) is 0 Å². The van der Waals surface area contributed by atoms with E-state index in [1.54, 1.807) is 50.4 Å². The monoisotopic (exact) mass is 459 g/mol. The van der Waals surface area contributed by atoms with Gasteiger partial charge in [0.25, 0.3) is 0 Å². The van der Waals surface area contributed by atoms with Crippen molar-refractivity contribution >= 4 is 17.0 Å². The standard InChI is InChI=1S/C26H25N3O5/c1-4-33-26(31)29(2)22-8-7-15-5-6-16(9-17(15)22)20-11-23(30)18-10-19(25-13-27-14-34-25)24(32-3)12-21(18)28-20/h5-6,9-14,22H,4,7-8H2,1-3H3,(H,28,30). The number of H-pyrrole nitrogens is 1. The van der Waals surface area contributed by atoms with Crippen molar-refractivity contribution in [2.75, 3.05) is 20.8 Å². The van der Waals surface area contributed by atoms with Gasteiger partial charge in [-0.15, -0.1) is 0 Å². The third kappa shape index (κ3) is 3.71. The molecular weight excluding hydrogens is 434 g/mol. The van der Waals surface area contributed by atoms with Gasteiger partial charge in [-0.2, -0.15) is 0 Å². The van der Waals surface area contributed by atoms with Gasteiger partial charge in [0.2, 0.25) is 0 Å². The van der Waals surface area contributed by atoms with E-state index in [4.69, 9.17) is 13.9 Å². The van der Waals surface area contributed by atoms with E-state index in [1.807, 2.05) is 6.07 Å². The van der Waals surface area contributed by atoms with Crippen LogP contribution in [-0.4, -0.2) is 41.7 Å². The van der Waals surface area contributed by atoms with Gasteiger partial charge >= 0.3 is 6.09 Å². The second-order valence-corrected chi connectivity index (χ2v) is 8.29. The molecule has 8 nitrogen and oxygen atoms in total. The van der Waals surface area contributed by atoms with Gasteiger partial charge in [-0.1, -0.05) is 12.1 Å². The number of amides is 1. The van der Waals surface area contributed by atoms with Crippen molar-refractivity contribution < 1.29 is 18.7 Å². The normalized spacial score (nSPS) is 14.7. The van der Waals surface area contributed by atoms with Gasteiger partial charge in [-0.3, -0.25) is 4.79 Å². The molecule has 1 unspecified atom stereocenters. The van der Waals surface area contributed by atoms with Crippen molar-refractivity contribution in [2.24, 2.45) is 0 Å². The summed E-state index contributed by atoms with van der Waals surface area (Å²) in [6.07, 6.45) is 4.32. The quantitative estimate of drug-likeness (QED) is 0.454. The molecule has 2 aromatic carbocycles. The number of hydrogen-bond acceptors (Lipinski definition) is 6. The van der Waals surface area contributed by atoms with Gasteiger partial charge < -0.3 is 23.8 Å². The Hall–Kier alpha value is -4.07. The fourth-order valence-corrected chi connectivity index (χ4v) is 4.65. The molecule has 0 radical (unpaired) electrons. The van der Waals surface area contributed by atoms with Crippen LogP contribution in [0.3, 0.4) is 0 Å². The zero-order valence-electron chi connectivity index (χ0n) is 19.3. The summed E-state index contributed by atoms with van der Waals surface area (Å²) in [6.45, 7) is 2.13. The number of ether oxygens (including phenoxy) is 2. The highest BCUT2D eigenvalue weighted by atomic mass is 16.6. The van der Waals surface area contributed by atoms with Crippen LogP contribution in [0, 0.1) is 0 Å². The van der Waals surface area contributed by atoms with E-state index in [0.717, 1.165) is 24.0 Å². The Morgan fingerprint density at radius 3 is 2.85 bits per heavy atom. The molecule has 0 bridgehead atoms. The van der Waals surface area contributed by atoms with Crippen molar-refractivity contribution in [2.45, 2.75) is 25.8 Å². The Morgan fingerprint density at radius 1 is 1.26 bits per heavy atom. The Kier molecular flexibility index (Phi) is 5.57. The first kappa shape index (κ1) is 21.8. The van der Waals surface area contributed by atoms with Gasteiger partial charge in [-0.25, -0.2) is 9.78 Å². The molecule has 0 spiro atoms. The van der Waals surface area contributed by atoms with Crippen molar-refractivity contribution in [3.8, 4) is 28.3 Å². The molecule has 4 aromatic rings. The Labute approximate surface area is 196 Å². The number of pyridine rings is 1. The Balaban J connectivity index is 1.57. The van der Waals surface area contributed by atoms with E-state index < -0.39 is 0 Å². The summed E-state index contributed by atoms with van der Waals surface area (Å²) in [7, 11) is 3.34. The second-order valence-electron chi connectivity index (χ2n) is 8.29. The third-order valence-electron chi connectivity index (χ3n) is 6.37. The largest absolute Gasteiger partial charge is 0.496 e. The van der Waals surface area contributed by atoms with Crippen molar-refractivity contribution in [3.05, 3.63) is 70.3 Å². The average molecular weight is 460 g/mol. The number of nitrogens with zero attached hydrogens (tertiary/aromatic N) is 2. The molecule has 1 atom stereocenters. The maximum absolute atomic E-state index is 13.1. The number of methoxy groups -OCH3 is 1. The van der Waals surface area contributed by atoms with Crippen LogP contribution in [0.1, 0.15) is 30.5 Å². The molecule has 1 aliphatic rings. The molecule has 0 fully saturated rings. The Bertz CT molecular complexity index is 1420. The number of nitrogens with one attached hydrogen (secondary N) is 1. The molecule has 0 aliphatic heterocycles. The predicted octanol–water partition coefficient (Wildman–Crippen LogP) is 4.93. The average Bonchev–Trinajstić information content (AvgIpc) is 3.53. The van der Waals surface area contributed by atoms with Crippen LogP contribution in [0.5, 0.6) is 5.75 Å². The first-order chi connectivity index (χ1) is 16.5. The van der Waals surface area contributed by atoms with Crippen molar-refractivity contribution in [1.29, 1.82) is 0 Å². The number of carbonyl (C=O) groups is 1. The predicted molar refractivity (Wildman–Crippen MR) is 128 cm³/mol. The van der Waals surface area contributed by atoms with Crippen LogP contribution in [0.15, 0.2) is 58.2 Å². The first-order valence-electron chi connectivity index (χ1n) is 11.2. The Morgan fingerprint density at radius 2 is 2.12 bits per heavy atom. The number of hydrogen-bond donors (Lipinski definition) is 1. The molecule has 2 aromatic heterocycles. The molecule has 2 heterocycles. The fraction of sp³-hybridized carbons (Fsp3) is 0.269. The van der Waals surface area contributed by atoms with Crippen LogP contribution in [0.4, 0.5) is 4.79 Å². The maximum Gasteiger partial charge on any atom is 0.410 e. The first-order valence-corrected chi connectivity index (χ1v) is 11.2. The molecule has 1 amide bonds. The topological polar surface area (TPSA) is 97.7 Å². The third-order valence-corrected chi connectivity index (χ3v) is 6.37. The van der Waals surface area contributed by atoms with E-state index in [0.29, 0.717) is 40.3 Å². The lowest BCUT2D eigenvalue weighted by atomic mass is 10.0. The van der Waals surface area contributed by atoms with Crippen molar-refractivity contribution in [3.63, 3.8) is 0 Å². The highest BCUT2D eigenvalue weighted by molar-refractivity contribution is 5.88. The van der Waals surface area contributed by atoms with E-state index >= 15 is 0 Å². The number of aryl methyl sites for hydroxylation is 1. The van der Waals surface area contributed by atoms with Crippen LogP contribution >= 0.6 is 0 Å². The molecule has 34 heavy (non-hydrogen) atoms. The number of oxazole rings is 1. The summed E-state index contributed by atoms with van der Waals surface area (Å²) in [5, 5.41) is 0.525. The van der Waals surface area contributed by atoms with E-state index in [1.165, 1.54) is 12.0 Å². The lowest BCUT2D eigenvalue weighted by molar-refractivity contribution is 0.101. The van der Waals surface area contributed by atoms with Crippen molar-refractivity contribution in [1.82, 2.24) is 14.9 Å². The summed E-state index contributed by atoms with van der Waals surface area (Å²) in [6, 6.07) is 11.2. The van der Waals surface area contributed by atoms with Gasteiger partial charge in [-0.05, 0) is 48.6 Å². The highest BCUT2D eigenvalue weighted by Gasteiger charge is 2.29. The second kappa shape index (κ2) is 8.70. The smallest absolute Gasteiger partial charge is 0.410 e. The summed E-state index contributed by atoms with van der Waals surface area (Å²) in [4.78, 5) is 34.4. The van der Waals surface area contributed by atoms with Gasteiger partial charge in [0.15, 0.2) is 17.6 Å². The summed E-state index contributed by atoms with van der Waals surface area (Å²) in [5.41, 5.74) is 5.04. The zero-order chi connectivity index (χ0) is 23.8. The fourth-order valence-electron chi connectivity index (χ4n) is 4.65. The maximum atomic E-state index is 13.1. The SMILES string of the molecule is CCOC(=O)N(C)C1CCc2ccc(-c3cc(=O)c4cc(-c5cnco5)c(OC)cc4[nH]3)cc21. The summed E-state index contributed by atoms with van der Waals surface area (Å²) < 4.78 is 16.1.